The highest BCUT2D eigenvalue weighted by Crippen LogP contribution is 2.45. The average Bonchev–Trinajstić information content (AvgIpc) is 2.60. The minimum absolute atomic E-state index is 0. The van der Waals surface area contributed by atoms with Gasteiger partial charge in [-0.2, -0.15) is 0 Å². The Morgan fingerprint density at radius 3 is 2.88 bits per heavy atom. The van der Waals surface area contributed by atoms with Gasteiger partial charge in [-0.15, -0.1) is 6.58 Å². The third-order valence-electron chi connectivity index (χ3n) is 6.26. The minimum Gasteiger partial charge on any atom is -1.00 e. The quantitative estimate of drug-likeness (QED) is 0.427. The molecule has 3 aliphatic rings. The van der Waals surface area contributed by atoms with Crippen LogP contribution in [0.2, 0.25) is 0 Å². The largest absolute Gasteiger partial charge is 1.00 e. The van der Waals surface area contributed by atoms with Gasteiger partial charge < -0.3 is 33.6 Å². The molecule has 2 aromatic rings. The molecule has 3 aliphatic heterocycles. The van der Waals surface area contributed by atoms with Gasteiger partial charge in [0.25, 0.3) is 0 Å². The van der Waals surface area contributed by atoms with E-state index in [1.807, 2.05) is 30.5 Å². The van der Waals surface area contributed by atoms with Gasteiger partial charge in [-0.3, -0.25) is 4.98 Å². The number of aliphatic hydroxyl groups is 1. The minimum atomic E-state index is -0.429. The molecule has 3 saturated heterocycles. The molecule has 4 heteroatoms. The second-order valence-corrected chi connectivity index (χ2v) is 7.50. The number of rotatable bonds is 3. The number of aliphatic hydroxyl groups excluding tert-OH is 1. The van der Waals surface area contributed by atoms with Crippen molar-refractivity contribution in [2.24, 2.45) is 11.8 Å². The zero-order valence-corrected chi connectivity index (χ0v) is 16.3. The highest BCUT2D eigenvalue weighted by atomic mass is 127. The van der Waals surface area contributed by atoms with E-state index < -0.39 is 6.10 Å². The number of hydrogen-bond acceptors (Lipinski definition) is 2. The Labute approximate surface area is 161 Å². The van der Waals surface area contributed by atoms with Gasteiger partial charge in [0.15, 0.2) is 0 Å². The molecule has 1 aromatic carbocycles. The molecule has 1 N–H and O–H groups in total. The molecule has 128 valence electrons. The molecule has 5 atom stereocenters. The van der Waals surface area contributed by atoms with E-state index in [2.05, 4.69) is 30.8 Å². The fourth-order valence-electron chi connectivity index (χ4n) is 4.88. The smallest absolute Gasteiger partial charge is 0.131 e. The van der Waals surface area contributed by atoms with Crippen LogP contribution in [0.1, 0.15) is 24.5 Å². The summed E-state index contributed by atoms with van der Waals surface area (Å²) in [5, 5.41) is 12.3. The SMILES string of the molecule is C=CC1C[N+]2(C)CCC1CC2[C@H](O)c1ccnc2ccccc12.[I-]. The Morgan fingerprint density at radius 2 is 2.12 bits per heavy atom. The van der Waals surface area contributed by atoms with Crippen molar-refractivity contribution < 1.29 is 33.6 Å². The van der Waals surface area contributed by atoms with Gasteiger partial charge in [-0.05, 0) is 23.6 Å². The van der Waals surface area contributed by atoms with Gasteiger partial charge in [0.05, 0.1) is 25.7 Å². The van der Waals surface area contributed by atoms with Crippen molar-refractivity contribution in [3.05, 3.63) is 54.7 Å². The third kappa shape index (κ3) is 2.78. The molecule has 5 rings (SSSR count). The first-order chi connectivity index (χ1) is 11.1. The van der Waals surface area contributed by atoms with Gasteiger partial charge in [-0.1, -0.05) is 24.3 Å². The number of likely N-dealkylation sites (N-methyl/N-ethyl adjacent to an activating group) is 1. The van der Waals surface area contributed by atoms with Crippen molar-refractivity contribution in [3.8, 4) is 0 Å². The molecule has 0 aliphatic carbocycles. The number of piperidine rings is 3. The van der Waals surface area contributed by atoms with Crippen LogP contribution in [-0.2, 0) is 0 Å². The van der Waals surface area contributed by atoms with E-state index in [0.717, 1.165) is 33.9 Å². The normalized spacial score (nSPS) is 33.0. The molecule has 1 aromatic heterocycles. The highest BCUT2D eigenvalue weighted by molar-refractivity contribution is 5.82. The molecular weight excluding hydrogens is 411 g/mol. The van der Waals surface area contributed by atoms with Crippen molar-refractivity contribution in [1.29, 1.82) is 0 Å². The second-order valence-electron chi connectivity index (χ2n) is 7.50. The predicted molar refractivity (Wildman–Crippen MR) is 92.8 cm³/mol. The van der Waals surface area contributed by atoms with E-state index in [1.165, 1.54) is 13.0 Å². The zero-order chi connectivity index (χ0) is 16.0. The lowest BCUT2D eigenvalue weighted by atomic mass is 9.72. The average molecular weight is 436 g/mol. The van der Waals surface area contributed by atoms with E-state index in [0.29, 0.717) is 11.8 Å². The number of fused-ring (bicyclic) bond motifs is 4. The molecule has 2 bridgehead atoms. The van der Waals surface area contributed by atoms with Crippen molar-refractivity contribution in [2.45, 2.75) is 25.0 Å². The maximum atomic E-state index is 11.2. The maximum Gasteiger partial charge on any atom is 0.131 e. The Morgan fingerprint density at radius 1 is 1.33 bits per heavy atom. The number of quaternary nitrogens is 1. The van der Waals surface area contributed by atoms with Crippen LogP contribution in [0.4, 0.5) is 0 Å². The molecule has 3 nitrogen and oxygen atoms in total. The van der Waals surface area contributed by atoms with E-state index in [4.69, 9.17) is 0 Å². The van der Waals surface area contributed by atoms with Crippen LogP contribution in [-0.4, -0.2) is 40.8 Å². The molecule has 4 heterocycles. The summed E-state index contributed by atoms with van der Waals surface area (Å²) in [6.45, 7) is 6.30. The Bertz CT molecular complexity index is 744. The number of pyridine rings is 1. The lowest BCUT2D eigenvalue weighted by molar-refractivity contribution is -0.956. The molecule has 0 radical (unpaired) electrons. The van der Waals surface area contributed by atoms with E-state index in [9.17, 15) is 5.11 Å². The molecule has 0 spiro atoms. The summed E-state index contributed by atoms with van der Waals surface area (Å²) in [5.74, 6) is 1.28. The Hall–Kier alpha value is -0.980. The molecule has 3 fully saturated rings. The summed E-state index contributed by atoms with van der Waals surface area (Å²) in [4.78, 5) is 4.43. The van der Waals surface area contributed by atoms with Crippen LogP contribution >= 0.6 is 0 Å². The number of aromatic nitrogens is 1. The third-order valence-corrected chi connectivity index (χ3v) is 6.26. The summed E-state index contributed by atoms with van der Waals surface area (Å²) in [6.07, 6.45) is 5.87. The number of hydrogen-bond donors (Lipinski definition) is 1. The first-order valence-corrected chi connectivity index (χ1v) is 8.61. The first-order valence-electron chi connectivity index (χ1n) is 8.61. The molecule has 0 amide bonds. The summed E-state index contributed by atoms with van der Waals surface area (Å²) >= 11 is 0. The monoisotopic (exact) mass is 436 g/mol. The standard InChI is InChI=1S/C20H25N2O.HI/c1-3-14-13-22(2)11-9-15(14)12-19(22)20(23)17-8-10-21-18-7-5-4-6-16(17)18;/h3-8,10,14-15,19-20,23H,1,9,11-13H2,2H3;1H/q+1;/p-1/t14?,15?,19?,20-,22?;/m1./s1. The van der Waals surface area contributed by atoms with Crippen LogP contribution in [0.5, 0.6) is 0 Å². The lowest BCUT2D eigenvalue weighted by Gasteiger charge is -2.56. The van der Waals surface area contributed by atoms with Crippen molar-refractivity contribution in [1.82, 2.24) is 4.98 Å². The molecule has 0 saturated carbocycles. The number of para-hydroxylation sites is 1. The van der Waals surface area contributed by atoms with Gasteiger partial charge >= 0.3 is 0 Å². The predicted octanol–water partition coefficient (Wildman–Crippen LogP) is 0.313. The maximum absolute atomic E-state index is 11.2. The van der Waals surface area contributed by atoms with Crippen LogP contribution in [0, 0.1) is 11.8 Å². The fraction of sp³-hybridized carbons (Fsp3) is 0.450. The van der Waals surface area contributed by atoms with Crippen molar-refractivity contribution in [2.75, 3.05) is 20.1 Å². The number of benzene rings is 1. The topological polar surface area (TPSA) is 33.1 Å². The van der Waals surface area contributed by atoms with Crippen molar-refractivity contribution >= 4 is 10.9 Å². The second kappa shape index (κ2) is 6.73. The van der Waals surface area contributed by atoms with E-state index in [1.54, 1.807) is 0 Å². The Balaban J connectivity index is 0.00000169. The first kappa shape index (κ1) is 17.8. The lowest BCUT2D eigenvalue weighted by Crippen LogP contribution is -3.00. The Kier molecular flexibility index (Phi) is 5.00. The fourth-order valence-corrected chi connectivity index (χ4v) is 4.88. The van der Waals surface area contributed by atoms with E-state index in [-0.39, 0.29) is 30.0 Å². The van der Waals surface area contributed by atoms with Gasteiger partial charge in [0.2, 0.25) is 0 Å². The van der Waals surface area contributed by atoms with Crippen LogP contribution in [0.3, 0.4) is 0 Å². The van der Waals surface area contributed by atoms with E-state index >= 15 is 0 Å². The molecule has 24 heavy (non-hydrogen) atoms. The molecule has 4 unspecified atom stereocenters. The summed E-state index contributed by atoms with van der Waals surface area (Å²) in [5.41, 5.74) is 1.99. The summed E-state index contributed by atoms with van der Waals surface area (Å²) in [7, 11) is 2.31. The van der Waals surface area contributed by atoms with Crippen molar-refractivity contribution in [3.63, 3.8) is 0 Å². The van der Waals surface area contributed by atoms with Crippen LogP contribution in [0.15, 0.2) is 49.2 Å². The van der Waals surface area contributed by atoms with Gasteiger partial charge in [0, 0.05) is 30.3 Å². The zero-order valence-electron chi connectivity index (χ0n) is 14.1. The number of halogens is 1. The van der Waals surface area contributed by atoms with Gasteiger partial charge in [-0.25, -0.2) is 0 Å². The summed E-state index contributed by atoms with van der Waals surface area (Å²) < 4.78 is 0.963. The number of nitrogens with zero attached hydrogens (tertiary/aromatic N) is 2. The van der Waals surface area contributed by atoms with Gasteiger partial charge in [0.1, 0.15) is 12.1 Å². The van der Waals surface area contributed by atoms with Crippen LogP contribution in [0.25, 0.3) is 10.9 Å². The summed E-state index contributed by atoms with van der Waals surface area (Å²) in [6, 6.07) is 10.4. The molecular formula is C20H25IN2O. The highest BCUT2D eigenvalue weighted by Gasteiger charge is 2.51. The van der Waals surface area contributed by atoms with Crippen LogP contribution < -0.4 is 24.0 Å².